The minimum absolute atomic E-state index is 0.0112. The summed E-state index contributed by atoms with van der Waals surface area (Å²) in [6.45, 7) is 3.33. The Balaban J connectivity index is 1.53. The van der Waals surface area contributed by atoms with Crippen LogP contribution in [0.1, 0.15) is 16.8 Å². The molecule has 1 amide bonds. The van der Waals surface area contributed by atoms with Gasteiger partial charge in [0.2, 0.25) is 0 Å². The number of amides is 1. The predicted molar refractivity (Wildman–Crippen MR) is 72.0 cm³/mol. The molecule has 2 aliphatic heterocycles. The Hall–Kier alpha value is -1.81. The third kappa shape index (κ3) is 1.83. The van der Waals surface area contributed by atoms with Crippen molar-refractivity contribution >= 4 is 16.9 Å². The Bertz CT molecular complexity index is 634. The van der Waals surface area contributed by atoms with Crippen molar-refractivity contribution in [2.75, 3.05) is 19.6 Å². The lowest BCUT2D eigenvalue weighted by Gasteiger charge is -2.23. The highest BCUT2D eigenvalue weighted by Gasteiger charge is 2.38. The van der Waals surface area contributed by atoms with Crippen LogP contribution in [-0.4, -0.2) is 36.5 Å². The zero-order chi connectivity index (χ0) is 12.8. The molecule has 98 valence electrons. The number of rotatable bonds is 2. The summed E-state index contributed by atoms with van der Waals surface area (Å²) in [5, 5.41) is 4.19. The van der Waals surface area contributed by atoms with Gasteiger partial charge in [0.15, 0.2) is 0 Å². The number of nitrogens with one attached hydrogen (secondary N) is 1. The molecular weight excluding hydrogens is 240 g/mol. The van der Waals surface area contributed by atoms with Crippen LogP contribution in [0.25, 0.3) is 11.0 Å². The summed E-state index contributed by atoms with van der Waals surface area (Å²) in [6.07, 6.45) is 2.86. The Morgan fingerprint density at radius 3 is 3.05 bits per heavy atom. The highest BCUT2D eigenvalue weighted by Crippen LogP contribution is 2.28. The summed E-state index contributed by atoms with van der Waals surface area (Å²) in [5.41, 5.74) is 1.45. The number of hydrogen-bond donors (Lipinski definition) is 1. The number of nitrogens with zero attached hydrogens (tertiary/aromatic N) is 1. The van der Waals surface area contributed by atoms with Crippen molar-refractivity contribution in [3.05, 3.63) is 36.1 Å². The average Bonchev–Trinajstić information content (AvgIpc) is 3.13. The van der Waals surface area contributed by atoms with Gasteiger partial charge < -0.3 is 14.6 Å². The largest absolute Gasteiger partial charge is 0.464 e. The van der Waals surface area contributed by atoms with Gasteiger partial charge in [-0.15, -0.1) is 0 Å². The molecule has 1 unspecified atom stereocenters. The topological polar surface area (TPSA) is 45.5 Å². The Morgan fingerprint density at radius 1 is 1.32 bits per heavy atom. The van der Waals surface area contributed by atoms with Gasteiger partial charge >= 0.3 is 0 Å². The van der Waals surface area contributed by atoms with Crippen molar-refractivity contribution in [3.63, 3.8) is 0 Å². The molecule has 0 aliphatic carbocycles. The van der Waals surface area contributed by atoms with Crippen LogP contribution in [0.3, 0.4) is 0 Å². The van der Waals surface area contributed by atoms with E-state index >= 15 is 0 Å². The standard InChI is InChI=1S/C15H16N2O2/c18-15(16-13-9-17-5-3-12(13)8-17)11-2-1-10-4-6-19-14(10)7-11/h1-2,4,6-7,12-13H,3,5,8-9H2,(H,16,18)/t12-,13+/m1/s1. The molecule has 3 heterocycles. The van der Waals surface area contributed by atoms with E-state index in [-0.39, 0.29) is 5.91 Å². The van der Waals surface area contributed by atoms with Crippen LogP contribution in [0.5, 0.6) is 0 Å². The van der Waals surface area contributed by atoms with Gasteiger partial charge in [-0.25, -0.2) is 0 Å². The van der Waals surface area contributed by atoms with Crippen LogP contribution < -0.4 is 5.32 Å². The highest BCUT2D eigenvalue weighted by atomic mass is 16.3. The molecule has 19 heavy (non-hydrogen) atoms. The molecule has 0 saturated carbocycles. The average molecular weight is 256 g/mol. The first-order chi connectivity index (χ1) is 9.29. The molecule has 4 nitrogen and oxygen atoms in total. The van der Waals surface area contributed by atoms with Gasteiger partial charge in [0.1, 0.15) is 5.58 Å². The molecule has 2 fully saturated rings. The van der Waals surface area contributed by atoms with Crippen LogP contribution in [-0.2, 0) is 0 Å². The summed E-state index contributed by atoms with van der Waals surface area (Å²) in [4.78, 5) is 14.7. The summed E-state index contributed by atoms with van der Waals surface area (Å²) >= 11 is 0. The SMILES string of the molecule is O=C(N[C@H]1CN2CC[C@@H]1C2)c1ccc2ccoc2c1. The molecule has 1 aromatic carbocycles. The summed E-state index contributed by atoms with van der Waals surface area (Å²) in [5.74, 6) is 0.647. The summed E-state index contributed by atoms with van der Waals surface area (Å²) < 4.78 is 5.34. The molecule has 2 aliphatic rings. The van der Waals surface area contributed by atoms with E-state index < -0.39 is 0 Å². The molecule has 4 heteroatoms. The van der Waals surface area contributed by atoms with E-state index in [0.717, 1.165) is 24.1 Å². The van der Waals surface area contributed by atoms with Crippen LogP contribution in [0.4, 0.5) is 0 Å². The fourth-order valence-corrected chi connectivity index (χ4v) is 3.30. The van der Waals surface area contributed by atoms with Gasteiger partial charge in [-0.2, -0.15) is 0 Å². The van der Waals surface area contributed by atoms with Gasteiger partial charge in [0, 0.05) is 30.1 Å². The minimum atomic E-state index is 0.0112. The Labute approximate surface area is 111 Å². The van der Waals surface area contributed by atoms with Crippen LogP contribution in [0.15, 0.2) is 34.9 Å². The van der Waals surface area contributed by atoms with E-state index in [1.165, 1.54) is 13.0 Å². The monoisotopic (exact) mass is 256 g/mol. The van der Waals surface area contributed by atoms with Gasteiger partial charge in [0.25, 0.3) is 5.91 Å². The van der Waals surface area contributed by atoms with Gasteiger partial charge in [-0.05, 0) is 37.1 Å². The molecule has 3 atom stereocenters. The maximum absolute atomic E-state index is 12.3. The van der Waals surface area contributed by atoms with Crippen LogP contribution >= 0.6 is 0 Å². The van der Waals surface area contributed by atoms with E-state index in [1.807, 2.05) is 24.3 Å². The smallest absolute Gasteiger partial charge is 0.251 e. The number of fused-ring (bicyclic) bond motifs is 3. The van der Waals surface area contributed by atoms with E-state index in [9.17, 15) is 4.79 Å². The van der Waals surface area contributed by atoms with Crippen molar-refractivity contribution in [2.45, 2.75) is 12.5 Å². The third-order valence-corrected chi connectivity index (χ3v) is 4.37. The third-order valence-electron chi connectivity index (χ3n) is 4.37. The lowest BCUT2D eigenvalue weighted by Crippen LogP contribution is -2.43. The van der Waals surface area contributed by atoms with E-state index in [0.29, 0.717) is 17.5 Å². The van der Waals surface area contributed by atoms with Crippen molar-refractivity contribution in [1.29, 1.82) is 0 Å². The second-order valence-electron chi connectivity index (χ2n) is 5.56. The van der Waals surface area contributed by atoms with Gasteiger partial charge in [-0.3, -0.25) is 4.79 Å². The Morgan fingerprint density at radius 2 is 2.26 bits per heavy atom. The van der Waals surface area contributed by atoms with E-state index in [1.54, 1.807) is 6.26 Å². The fraction of sp³-hybridized carbons (Fsp3) is 0.400. The molecule has 0 spiro atoms. The minimum Gasteiger partial charge on any atom is -0.464 e. The summed E-state index contributed by atoms with van der Waals surface area (Å²) in [7, 11) is 0. The first kappa shape index (κ1) is 11.1. The molecule has 2 bridgehead atoms. The number of carbonyl (C=O) groups excluding carboxylic acids is 1. The molecule has 1 N–H and O–H groups in total. The van der Waals surface area contributed by atoms with Gasteiger partial charge in [0.05, 0.1) is 6.26 Å². The number of carbonyl (C=O) groups is 1. The Kier molecular flexibility index (Phi) is 2.38. The van der Waals surface area contributed by atoms with Crippen LogP contribution in [0, 0.1) is 5.92 Å². The van der Waals surface area contributed by atoms with Crippen molar-refractivity contribution in [2.24, 2.45) is 5.92 Å². The molecular formula is C15H16N2O2. The second kappa shape index (κ2) is 4.10. The first-order valence-corrected chi connectivity index (χ1v) is 6.80. The highest BCUT2D eigenvalue weighted by molar-refractivity contribution is 5.97. The first-order valence-electron chi connectivity index (χ1n) is 6.80. The van der Waals surface area contributed by atoms with Crippen molar-refractivity contribution < 1.29 is 9.21 Å². The molecule has 1 aromatic heterocycles. The summed E-state index contributed by atoms with van der Waals surface area (Å²) in [6, 6.07) is 7.82. The zero-order valence-corrected chi connectivity index (χ0v) is 10.6. The van der Waals surface area contributed by atoms with E-state index in [2.05, 4.69) is 10.2 Å². The van der Waals surface area contributed by atoms with E-state index in [4.69, 9.17) is 4.42 Å². The van der Waals surface area contributed by atoms with Gasteiger partial charge in [-0.1, -0.05) is 6.07 Å². The second-order valence-corrected chi connectivity index (χ2v) is 5.56. The molecule has 2 aromatic rings. The number of benzene rings is 1. The fourth-order valence-electron chi connectivity index (χ4n) is 3.30. The van der Waals surface area contributed by atoms with Crippen molar-refractivity contribution in [1.82, 2.24) is 10.2 Å². The number of piperidine rings is 1. The quantitative estimate of drug-likeness (QED) is 0.892. The maximum Gasteiger partial charge on any atom is 0.251 e. The van der Waals surface area contributed by atoms with Crippen molar-refractivity contribution in [3.8, 4) is 0 Å². The lowest BCUT2D eigenvalue weighted by molar-refractivity contribution is 0.0924. The lowest BCUT2D eigenvalue weighted by atomic mass is 9.99. The normalized spacial score (nSPS) is 28.9. The number of hydrogen-bond acceptors (Lipinski definition) is 3. The zero-order valence-electron chi connectivity index (χ0n) is 10.6. The molecule has 2 saturated heterocycles. The molecule has 4 rings (SSSR count). The maximum atomic E-state index is 12.3. The molecule has 0 radical (unpaired) electrons. The van der Waals surface area contributed by atoms with Crippen LogP contribution in [0.2, 0.25) is 0 Å². The predicted octanol–water partition coefficient (Wildman–Crippen LogP) is 1.87. The number of furan rings is 1.